The van der Waals surface area contributed by atoms with Gasteiger partial charge < -0.3 is 4.42 Å². The van der Waals surface area contributed by atoms with Crippen molar-refractivity contribution >= 4 is 21.9 Å². The smallest absolute Gasteiger partial charge is 0.143 e. The van der Waals surface area contributed by atoms with Crippen molar-refractivity contribution in [3.8, 4) is 22.3 Å². The zero-order valence-electron chi connectivity index (χ0n) is 16.0. The minimum absolute atomic E-state index is 0.989. The number of rotatable bonds is 1. The van der Waals surface area contributed by atoms with E-state index < -0.39 is 0 Å². The second-order valence-corrected chi connectivity index (χ2v) is 7.85. The summed E-state index contributed by atoms with van der Waals surface area (Å²) in [5, 5.41) is 2.39. The third-order valence-corrected chi connectivity index (χ3v) is 6.24. The molecule has 0 aliphatic heterocycles. The maximum absolute atomic E-state index is 6.43. The minimum Gasteiger partial charge on any atom is -0.455 e. The van der Waals surface area contributed by atoms with Crippen molar-refractivity contribution in [1.82, 2.24) is 0 Å². The van der Waals surface area contributed by atoms with Gasteiger partial charge in [0, 0.05) is 16.3 Å². The summed E-state index contributed by atoms with van der Waals surface area (Å²) in [4.78, 5) is 0. The lowest BCUT2D eigenvalue weighted by atomic mass is 9.94. The number of furan rings is 1. The molecular weight excluding hydrogens is 340 g/mol. The van der Waals surface area contributed by atoms with Crippen molar-refractivity contribution in [2.45, 2.75) is 20.3 Å². The number of aryl methyl sites for hydroxylation is 2. The standard InChI is InChI=1S/C27H20O/c1-16-7-3-9-18-19-10-5-11-20(25(19)15-24(16)18)21-13-6-14-23-22-12-4-8-17(2)26(22)28-27(21)23/h3-14H,15H2,1-2H3. The fraction of sp³-hybridized carbons (Fsp3) is 0.111. The van der Waals surface area contributed by atoms with E-state index in [1.165, 1.54) is 55.3 Å². The molecule has 0 atom stereocenters. The Morgan fingerprint density at radius 3 is 1.89 bits per heavy atom. The first-order valence-corrected chi connectivity index (χ1v) is 9.84. The summed E-state index contributed by atoms with van der Waals surface area (Å²) >= 11 is 0. The molecule has 1 nitrogen and oxygen atoms in total. The Balaban J connectivity index is 1.66. The summed E-state index contributed by atoms with van der Waals surface area (Å²) in [7, 11) is 0. The molecule has 0 saturated heterocycles. The molecule has 28 heavy (non-hydrogen) atoms. The van der Waals surface area contributed by atoms with Crippen LogP contribution >= 0.6 is 0 Å². The number of hydrogen-bond acceptors (Lipinski definition) is 1. The molecule has 0 unspecified atom stereocenters. The van der Waals surface area contributed by atoms with E-state index in [-0.39, 0.29) is 0 Å². The summed E-state index contributed by atoms with van der Waals surface area (Å²) in [6.45, 7) is 4.33. The molecule has 0 radical (unpaired) electrons. The van der Waals surface area contributed by atoms with Gasteiger partial charge in [0.25, 0.3) is 0 Å². The molecule has 1 heteroatoms. The first-order valence-electron chi connectivity index (χ1n) is 9.84. The van der Waals surface area contributed by atoms with E-state index in [4.69, 9.17) is 4.42 Å². The van der Waals surface area contributed by atoms with Gasteiger partial charge in [-0.1, -0.05) is 72.8 Å². The van der Waals surface area contributed by atoms with Gasteiger partial charge in [0.2, 0.25) is 0 Å². The van der Waals surface area contributed by atoms with Crippen molar-refractivity contribution in [2.24, 2.45) is 0 Å². The number of para-hydroxylation sites is 2. The van der Waals surface area contributed by atoms with Gasteiger partial charge in [-0.05, 0) is 59.2 Å². The molecule has 134 valence electrons. The molecule has 0 spiro atoms. The number of benzene rings is 4. The third-order valence-electron chi connectivity index (χ3n) is 6.24. The largest absolute Gasteiger partial charge is 0.455 e. The van der Waals surface area contributed by atoms with Gasteiger partial charge in [0.1, 0.15) is 11.2 Å². The van der Waals surface area contributed by atoms with Crippen LogP contribution in [0.1, 0.15) is 22.3 Å². The van der Waals surface area contributed by atoms with Gasteiger partial charge in [-0.15, -0.1) is 0 Å². The molecule has 1 aliphatic carbocycles. The Morgan fingerprint density at radius 1 is 0.536 bits per heavy atom. The van der Waals surface area contributed by atoms with E-state index in [9.17, 15) is 0 Å². The zero-order chi connectivity index (χ0) is 18.8. The average molecular weight is 360 g/mol. The van der Waals surface area contributed by atoms with Crippen LogP contribution < -0.4 is 0 Å². The first-order chi connectivity index (χ1) is 13.7. The van der Waals surface area contributed by atoms with Crippen molar-refractivity contribution < 1.29 is 4.42 Å². The Kier molecular flexibility index (Phi) is 3.14. The SMILES string of the molecule is Cc1cccc2c1Cc1c-2cccc1-c1cccc2c1oc1c(C)cccc12. The highest BCUT2D eigenvalue weighted by Gasteiger charge is 2.24. The van der Waals surface area contributed by atoms with Gasteiger partial charge in [0.05, 0.1) is 0 Å². The van der Waals surface area contributed by atoms with Gasteiger partial charge in [-0.25, -0.2) is 0 Å². The fourth-order valence-electron chi connectivity index (χ4n) is 4.82. The van der Waals surface area contributed by atoms with Crippen molar-refractivity contribution in [1.29, 1.82) is 0 Å². The topological polar surface area (TPSA) is 13.1 Å². The molecule has 1 heterocycles. The quantitative estimate of drug-likeness (QED) is 0.297. The van der Waals surface area contributed by atoms with Crippen molar-refractivity contribution in [3.05, 3.63) is 95.1 Å². The summed E-state index contributed by atoms with van der Waals surface area (Å²) in [6.07, 6.45) is 0.989. The van der Waals surface area contributed by atoms with E-state index in [1.807, 2.05) is 0 Å². The molecule has 0 fully saturated rings. The summed E-state index contributed by atoms with van der Waals surface area (Å²) in [6, 6.07) is 26.2. The minimum atomic E-state index is 0.989. The van der Waals surface area contributed by atoms with Crippen molar-refractivity contribution in [2.75, 3.05) is 0 Å². The maximum atomic E-state index is 6.43. The Hall–Kier alpha value is -3.32. The molecule has 5 aromatic rings. The lowest BCUT2D eigenvalue weighted by Crippen LogP contribution is -1.89. The zero-order valence-corrected chi connectivity index (χ0v) is 16.0. The highest BCUT2D eigenvalue weighted by Crippen LogP contribution is 2.45. The van der Waals surface area contributed by atoms with Crippen LogP contribution in [0.2, 0.25) is 0 Å². The highest BCUT2D eigenvalue weighted by atomic mass is 16.3. The van der Waals surface area contributed by atoms with Crippen LogP contribution in [-0.4, -0.2) is 0 Å². The van der Waals surface area contributed by atoms with Crippen molar-refractivity contribution in [3.63, 3.8) is 0 Å². The number of fused-ring (bicyclic) bond motifs is 6. The van der Waals surface area contributed by atoms with Crippen LogP contribution in [0.5, 0.6) is 0 Å². The summed E-state index contributed by atoms with van der Waals surface area (Å²) in [5.41, 5.74) is 12.6. The molecule has 0 bridgehead atoms. The van der Waals surface area contributed by atoms with E-state index in [0.717, 1.165) is 17.6 Å². The second kappa shape index (κ2) is 5.59. The van der Waals surface area contributed by atoms with Crippen LogP contribution in [0, 0.1) is 13.8 Å². The van der Waals surface area contributed by atoms with Gasteiger partial charge in [-0.3, -0.25) is 0 Å². The third kappa shape index (κ3) is 2.02. The summed E-state index contributed by atoms with van der Waals surface area (Å²) in [5.74, 6) is 0. The van der Waals surface area contributed by atoms with E-state index in [1.54, 1.807) is 0 Å². The molecule has 0 amide bonds. The molecule has 1 aromatic heterocycles. The molecule has 0 saturated carbocycles. The normalized spacial score (nSPS) is 12.5. The number of hydrogen-bond donors (Lipinski definition) is 0. The van der Waals surface area contributed by atoms with E-state index in [2.05, 4.69) is 86.6 Å². The predicted molar refractivity (Wildman–Crippen MR) is 117 cm³/mol. The Morgan fingerprint density at radius 2 is 1.07 bits per heavy atom. The van der Waals surface area contributed by atoms with Gasteiger partial charge in [0.15, 0.2) is 0 Å². The van der Waals surface area contributed by atoms with Crippen LogP contribution in [0.4, 0.5) is 0 Å². The van der Waals surface area contributed by atoms with Crippen LogP contribution in [0.15, 0.2) is 77.2 Å². The first kappa shape index (κ1) is 15.7. The lowest BCUT2D eigenvalue weighted by molar-refractivity contribution is 0.667. The van der Waals surface area contributed by atoms with Crippen LogP contribution in [0.3, 0.4) is 0 Å². The average Bonchev–Trinajstić information content (AvgIpc) is 3.28. The molecule has 0 N–H and O–H groups in total. The summed E-state index contributed by atoms with van der Waals surface area (Å²) < 4.78 is 6.43. The predicted octanol–water partition coefficient (Wildman–Crippen LogP) is 7.44. The van der Waals surface area contributed by atoms with Crippen LogP contribution in [0.25, 0.3) is 44.2 Å². The fourth-order valence-corrected chi connectivity index (χ4v) is 4.82. The molecule has 4 aromatic carbocycles. The van der Waals surface area contributed by atoms with Crippen LogP contribution in [-0.2, 0) is 6.42 Å². The molecule has 1 aliphatic rings. The maximum Gasteiger partial charge on any atom is 0.143 e. The molecular formula is C27H20O. The van der Waals surface area contributed by atoms with Gasteiger partial charge >= 0.3 is 0 Å². The van der Waals surface area contributed by atoms with Gasteiger partial charge in [-0.2, -0.15) is 0 Å². The highest BCUT2D eigenvalue weighted by molar-refractivity contribution is 6.10. The molecule has 6 rings (SSSR count). The lowest BCUT2D eigenvalue weighted by Gasteiger charge is -2.09. The van der Waals surface area contributed by atoms with E-state index >= 15 is 0 Å². The monoisotopic (exact) mass is 360 g/mol. The van der Waals surface area contributed by atoms with E-state index in [0.29, 0.717) is 0 Å². The Labute approximate surface area is 164 Å². The Bertz CT molecular complexity index is 1400. The second-order valence-electron chi connectivity index (χ2n) is 7.85.